The number of hydrogen-bond acceptors (Lipinski definition) is 4. The third-order valence-corrected chi connectivity index (χ3v) is 4.18. The monoisotopic (exact) mass is 354 g/mol. The average molecular weight is 354 g/mol. The van der Waals surface area contributed by atoms with Gasteiger partial charge in [0.25, 0.3) is 0 Å². The molecule has 130 valence electrons. The van der Waals surface area contributed by atoms with Gasteiger partial charge in [0, 0.05) is 17.4 Å². The molecule has 0 spiro atoms. The molecule has 0 aromatic heterocycles. The molecule has 0 bridgehead atoms. The number of benzene rings is 2. The lowest BCUT2D eigenvalue weighted by atomic mass is 9.97. The summed E-state index contributed by atoms with van der Waals surface area (Å²) in [4.78, 5) is 24.1. The highest BCUT2D eigenvalue weighted by Crippen LogP contribution is 2.33. The molecule has 0 saturated carbocycles. The Balaban J connectivity index is 0.000000701. The lowest BCUT2D eigenvalue weighted by Crippen LogP contribution is -1.98. The van der Waals surface area contributed by atoms with Crippen molar-refractivity contribution < 1.29 is 14.3 Å². The summed E-state index contributed by atoms with van der Waals surface area (Å²) >= 11 is 1.19. The number of cyclic esters (lactones) is 1. The molecule has 1 aliphatic rings. The number of carbonyl (C=O) groups excluding carboxylic acids is 2. The first kappa shape index (κ1) is 19.0. The maximum Gasteiger partial charge on any atom is 0.339 e. The van der Waals surface area contributed by atoms with Gasteiger partial charge in [-0.15, -0.1) is 0 Å². The molecule has 0 aliphatic carbocycles. The average Bonchev–Trinajstić information content (AvgIpc) is 2.98. The molecule has 0 amide bonds. The summed E-state index contributed by atoms with van der Waals surface area (Å²) < 4.78 is 5.21. The summed E-state index contributed by atoms with van der Waals surface area (Å²) in [7, 11) is 0. The molecular weight excluding hydrogens is 332 g/mol. The SMILES string of the molecule is CC(=O)Sc1ccc(C2=C(c3ccccc3)C(=O)OC2)cc1.CCC. The molecule has 25 heavy (non-hydrogen) atoms. The van der Waals surface area contributed by atoms with Gasteiger partial charge in [-0.25, -0.2) is 4.79 Å². The Labute approximate surface area is 153 Å². The van der Waals surface area contributed by atoms with E-state index in [1.807, 2.05) is 54.6 Å². The van der Waals surface area contributed by atoms with Crippen LogP contribution in [0.3, 0.4) is 0 Å². The predicted molar refractivity (Wildman–Crippen MR) is 103 cm³/mol. The second-order valence-corrected chi connectivity index (χ2v) is 6.87. The molecule has 1 aliphatic heterocycles. The molecule has 0 unspecified atom stereocenters. The Kier molecular flexibility index (Phi) is 7.02. The minimum absolute atomic E-state index is 0.0521. The van der Waals surface area contributed by atoms with Gasteiger partial charge in [-0.3, -0.25) is 4.79 Å². The van der Waals surface area contributed by atoms with E-state index in [0.717, 1.165) is 21.6 Å². The third-order valence-electron chi connectivity index (χ3n) is 3.38. The number of hydrogen-bond donors (Lipinski definition) is 0. The molecule has 1 heterocycles. The highest BCUT2D eigenvalue weighted by Gasteiger charge is 2.26. The molecule has 0 N–H and O–H groups in total. The Bertz CT molecular complexity index is 761. The standard InChI is InChI=1S/C18H14O3S.C3H8/c1-12(19)22-15-9-7-13(8-10-15)16-11-21-18(20)17(16)14-5-3-2-4-6-14;1-3-2/h2-10H,11H2,1H3;3H2,1-2H3. The first-order valence-electron chi connectivity index (χ1n) is 8.31. The van der Waals surface area contributed by atoms with Crippen molar-refractivity contribution in [2.45, 2.75) is 32.1 Å². The minimum Gasteiger partial charge on any atom is -0.457 e. The molecule has 3 rings (SSSR count). The van der Waals surface area contributed by atoms with Crippen LogP contribution in [0.4, 0.5) is 0 Å². The second kappa shape index (κ2) is 9.23. The summed E-state index contributed by atoms with van der Waals surface area (Å²) in [6, 6.07) is 17.1. The highest BCUT2D eigenvalue weighted by molar-refractivity contribution is 8.13. The second-order valence-electron chi connectivity index (χ2n) is 5.62. The van der Waals surface area contributed by atoms with Gasteiger partial charge in [0.15, 0.2) is 5.12 Å². The van der Waals surface area contributed by atoms with Gasteiger partial charge < -0.3 is 4.74 Å². The smallest absolute Gasteiger partial charge is 0.339 e. The molecular formula is C21H22O3S. The fourth-order valence-electron chi connectivity index (χ4n) is 2.42. The number of thioether (sulfide) groups is 1. The largest absolute Gasteiger partial charge is 0.457 e. The van der Waals surface area contributed by atoms with Crippen LogP contribution in [0, 0.1) is 0 Å². The van der Waals surface area contributed by atoms with E-state index in [4.69, 9.17) is 4.74 Å². The van der Waals surface area contributed by atoms with Crippen LogP contribution in [0.25, 0.3) is 11.1 Å². The van der Waals surface area contributed by atoms with Gasteiger partial charge in [0.2, 0.25) is 0 Å². The molecule has 3 nitrogen and oxygen atoms in total. The zero-order valence-corrected chi connectivity index (χ0v) is 15.6. The van der Waals surface area contributed by atoms with E-state index in [-0.39, 0.29) is 17.7 Å². The normalized spacial score (nSPS) is 13.2. The van der Waals surface area contributed by atoms with Gasteiger partial charge in [-0.2, -0.15) is 0 Å². The van der Waals surface area contributed by atoms with Crippen LogP contribution < -0.4 is 0 Å². The molecule has 2 aromatic rings. The highest BCUT2D eigenvalue weighted by atomic mass is 32.2. The van der Waals surface area contributed by atoms with Crippen LogP contribution in [-0.4, -0.2) is 17.7 Å². The van der Waals surface area contributed by atoms with Crippen molar-refractivity contribution in [2.75, 3.05) is 6.61 Å². The number of esters is 1. The first-order valence-corrected chi connectivity index (χ1v) is 9.13. The van der Waals surface area contributed by atoms with Crippen LogP contribution in [0.5, 0.6) is 0 Å². The Morgan fingerprint density at radius 2 is 1.60 bits per heavy atom. The van der Waals surface area contributed by atoms with E-state index in [9.17, 15) is 9.59 Å². The van der Waals surface area contributed by atoms with Gasteiger partial charge >= 0.3 is 5.97 Å². The molecule has 0 saturated heterocycles. The first-order chi connectivity index (χ1) is 12.1. The fourth-order valence-corrected chi connectivity index (χ4v) is 3.02. The Hall–Kier alpha value is -2.33. The van der Waals surface area contributed by atoms with E-state index in [0.29, 0.717) is 5.57 Å². The predicted octanol–water partition coefficient (Wildman–Crippen LogP) is 5.21. The summed E-state index contributed by atoms with van der Waals surface area (Å²) in [5.74, 6) is -0.289. The van der Waals surface area contributed by atoms with Crippen LogP contribution in [0.1, 0.15) is 38.3 Å². The molecule has 2 aromatic carbocycles. The van der Waals surface area contributed by atoms with Gasteiger partial charge in [-0.1, -0.05) is 74.5 Å². The van der Waals surface area contributed by atoms with E-state index >= 15 is 0 Å². The number of carbonyl (C=O) groups is 2. The summed E-state index contributed by atoms with van der Waals surface area (Å²) in [6.45, 7) is 6.07. The van der Waals surface area contributed by atoms with Crippen LogP contribution in [-0.2, 0) is 14.3 Å². The van der Waals surface area contributed by atoms with Gasteiger partial charge in [-0.05, 0) is 23.3 Å². The van der Waals surface area contributed by atoms with Gasteiger partial charge in [0.1, 0.15) is 6.61 Å². The van der Waals surface area contributed by atoms with Crippen molar-refractivity contribution in [3.63, 3.8) is 0 Å². The van der Waals surface area contributed by atoms with Crippen molar-refractivity contribution in [3.05, 3.63) is 65.7 Å². The minimum atomic E-state index is -0.289. The van der Waals surface area contributed by atoms with E-state index in [2.05, 4.69) is 13.8 Å². The summed E-state index contributed by atoms with van der Waals surface area (Å²) in [5, 5.41) is 0.0521. The fraction of sp³-hybridized carbons (Fsp3) is 0.238. The van der Waals surface area contributed by atoms with Crippen LogP contribution in [0.2, 0.25) is 0 Å². The topological polar surface area (TPSA) is 43.4 Å². The lowest BCUT2D eigenvalue weighted by molar-refractivity contribution is -0.133. The quantitative estimate of drug-likeness (QED) is 0.561. The Morgan fingerprint density at radius 1 is 1.00 bits per heavy atom. The molecule has 0 radical (unpaired) electrons. The zero-order chi connectivity index (χ0) is 18.2. The maximum atomic E-state index is 12.0. The summed E-state index contributed by atoms with van der Waals surface area (Å²) in [6.07, 6.45) is 1.25. The van der Waals surface area contributed by atoms with Crippen molar-refractivity contribution in [2.24, 2.45) is 0 Å². The van der Waals surface area contributed by atoms with E-state index in [1.165, 1.54) is 25.1 Å². The lowest BCUT2D eigenvalue weighted by Gasteiger charge is -2.05. The Morgan fingerprint density at radius 3 is 2.16 bits per heavy atom. The molecule has 0 fully saturated rings. The van der Waals surface area contributed by atoms with Crippen molar-refractivity contribution in [1.82, 2.24) is 0 Å². The molecule has 4 heteroatoms. The van der Waals surface area contributed by atoms with Crippen molar-refractivity contribution in [3.8, 4) is 0 Å². The van der Waals surface area contributed by atoms with Crippen molar-refractivity contribution in [1.29, 1.82) is 0 Å². The van der Waals surface area contributed by atoms with Gasteiger partial charge in [0.05, 0.1) is 5.57 Å². The van der Waals surface area contributed by atoms with E-state index in [1.54, 1.807) is 0 Å². The number of rotatable bonds is 3. The number of ether oxygens (including phenoxy) is 1. The van der Waals surface area contributed by atoms with Crippen molar-refractivity contribution >= 4 is 34.0 Å². The zero-order valence-electron chi connectivity index (χ0n) is 14.7. The van der Waals surface area contributed by atoms with Crippen LogP contribution in [0.15, 0.2) is 59.5 Å². The van der Waals surface area contributed by atoms with E-state index < -0.39 is 0 Å². The molecule has 0 atom stereocenters. The van der Waals surface area contributed by atoms with Crippen LogP contribution >= 0.6 is 11.8 Å². The summed E-state index contributed by atoms with van der Waals surface area (Å²) in [5.41, 5.74) is 3.31. The third kappa shape index (κ3) is 5.07. The maximum absolute atomic E-state index is 12.0.